The molecule has 1 aromatic heterocycles. The first-order valence-corrected chi connectivity index (χ1v) is 8.89. The van der Waals surface area contributed by atoms with E-state index < -0.39 is 0 Å². The van der Waals surface area contributed by atoms with E-state index in [1.54, 1.807) is 7.11 Å². The lowest BCUT2D eigenvalue weighted by atomic mass is 9.99. The van der Waals surface area contributed by atoms with Gasteiger partial charge in [-0.15, -0.1) is 0 Å². The molecule has 0 saturated carbocycles. The summed E-state index contributed by atoms with van der Waals surface area (Å²) in [6.45, 7) is 1.53. The van der Waals surface area contributed by atoms with Gasteiger partial charge >= 0.3 is 0 Å². The molecule has 0 spiro atoms. The molecule has 26 heavy (non-hydrogen) atoms. The highest BCUT2D eigenvalue weighted by Gasteiger charge is 2.32. The minimum Gasteiger partial charge on any atom is -0.496 e. The highest BCUT2D eigenvalue weighted by molar-refractivity contribution is 5.80. The van der Waals surface area contributed by atoms with E-state index in [4.69, 9.17) is 4.74 Å². The van der Waals surface area contributed by atoms with Crippen LogP contribution in [0.1, 0.15) is 22.9 Å². The molecule has 0 aliphatic carbocycles. The largest absolute Gasteiger partial charge is 0.496 e. The second kappa shape index (κ2) is 7.08. The van der Waals surface area contributed by atoms with Gasteiger partial charge in [0.15, 0.2) is 0 Å². The summed E-state index contributed by atoms with van der Waals surface area (Å²) in [6.07, 6.45) is 2.43. The molecular weight excluding hydrogens is 324 g/mol. The van der Waals surface area contributed by atoms with E-state index in [9.17, 15) is 4.79 Å². The fraction of sp³-hybridized carbons (Fsp3) is 0.227. The van der Waals surface area contributed by atoms with E-state index in [1.807, 2.05) is 47.4 Å². The van der Waals surface area contributed by atoms with Crippen molar-refractivity contribution in [1.29, 1.82) is 0 Å². The molecule has 1 aliphatic rings. The Kier molecular flexibility index (Phi) is 4.48. The van der Waals surface area contributed by atoms with Gasteiger partial charge in [-0.05, 0) is 23.8 Å². The predicted molar refractivity (Wildman–Crippen MR) is 101 cm³/mol. The van der Waals surface area contributed by atoms with Crippen LogP contribution in [0.4, 0.5) is 0 Å². The van der Waals surface area contributed by atoms with Crippen molar-refractivity contribution in [2.45, 2.75) is 19.0 Å². The van der Waals surface area contributed by atoms with Gasteiger partial charge in [0.1, 0.15) is 5.75 Å². The lowest BCUT2D eigenvalue weighted by molar-refractivity contribution is -0.133. The van der Waals surface area contributed by atoms with Crippen LogP contribution in [0.25, 0.3) is 0 Å². The Labute approximate surface area is 153 Å². The molecular formula is C22H22N2O2. The zero-order chi connectivity index (χ0) is 17.9. The van der Waals surface area contributed by atoms with E-state index in [0.717, 1.165) is 29.1 Å². The van der Waals surface area contributed by atoms with Gasteiger partial charge in [0.05, 0.1) is 19.6 Å². The number of ether oxygens (including phenoxy) is 1. The van der Waals surface area contributed by atoms with Gasteiger partial charge < -0.3 is 14.2 Å². The smallest absolute Gasteiger partial charge is 0.228 e. The highest BCUT2D eigenvalue weighted by Crippen LogP contribution is 2.33. The molecule has 1 aliphatic heterocycles. The van der Waals surface area contributed by atoms with Crippen LogP contribution in [-0.2, 0) is 17.8 Å². The highest BCUT2D eigenvalue weighted by atomic mass is 16.5. The van der Waals surface area contributed by atoms with Gasteiger partial charge in [-0.1, -0.05) is 48.5 Å². The van der Waals surface area contributed by atoms with Crippen molar-refractivity contribution in [2.24, 2.45) is 0 Å². The number of para-hydroxylation sites is 1. The van der Waals surface area contributed by atoms with E-state index >= 15 is 0 Å². The summed E-state index contributed by atoms with van der Waals surface area (Å²) >= 11 is 0. The fourth-order valence-electron chi connectivity index (χ4n) is 3.75. The molecule has 2 heterocycles. The normalized spacial score (nSPS) is 16.2. The third-order valence-electron chi connectivity index (χ3n) is 5.01. The summed E-state index contributed by atoms with van der Waals surface area (Å²) in [6, 6.07) is 22.1. The zero-order valence-corrected chi connectivity index (χ0v) is 14.8. The van der Waals surface area contributed by atoms with Gasteiger partial charge in [-0.3, -0.25) is 4.79 Å². The summed E-state index contributed by atoms with van der Waals surface area (Å²) in [5.74, 6) is 0.883. The number of rotatable bonds is 4. The number of hydrogen-bond acceptors (Lipinski definition) is 2. The minimum atomic E-state index is -0.0536. The molecule has 0 saturated heterocycles. The third-order valence-corrected chi connectivity index (χ3v) is 5.01. The maximum Gasteiger partial charge on any atom is 0.228 e. The number of carbonyl (C=O) groups is 1. The van der Waals surface area contributed by atoms with Crippen molar-refractivity contribution in [3.05, 3.63) is 89.7 Å². The van der Waals surface area contributed by atoms with Crippen molar-refractivity contribution >= 4 is 5.91 Å². The van der Waals surface area contributed by atoms with Crippen LogP contribution < -0.4 is 4.74 Å². The molecule has 4 heteroatoms. The first-order chi connectivity index (χ1) is 12.8. The van der Waals surface area contributed by atoms with Gasteiger partial charge in [0.2, 0.25) is 5.91 Å². The topological polar surface area (TPSA) is 34.5 Å². The molecule has 2 aromatic carbocycles. The van der Waals surface area contributed by atoms with Crippen molar-refractivity contribution in [1.82, 2.24) is 9.47 Å². The van der Waals surface area contributed by atoms with Crippen LogP contribution in [0.15, 0.2) is 72.9 Å². The van der Waals surface area contributed by atoms with Gasteiger partial charge in [0, 0.05) is 30.5 Å². The summed E-state index contributed by atoms with van der Waals surface area (Å²) in [5.41, 5.74) is 3.23. The van der Waals surface area contributed by atoms with Crippen LogP contribution in [0, 0.1) is 0 Å². The molecule has 4 nitrogen and oxygen atoms in total. The molecule has 0 radical (unpaired) electrons. The van der Waals surface area contributed by atoms with Crippen molar-refractivity contribution in [2.75, 3.05) is 13.7 Å². The number of hydrogen-bond donors (Lipinski definition) is 0. The monoisotopic (exact) mass is 346 g/mol. The number of nitrogens with zero attached hydrogens (tertiary/aromatic N) is 2. The third kappa shape index (κ3) is 2.99. The number of methoxy groups -OCH3 is 1. The SMILES string of the molecule is COc1ccccc1CC(=O)N1CCn2cccc2C1c1ccccc1. The van der Waals surface area contributed by atoms with Crippen LogP contribution in [-0.4, -0.2) is 29.0 Å². The van der Waals surface area contributed by atoms with Gasteiger partial charge in [-0.2, -0.15) is 0 Å². The predicted octanol–water partition coefficient (Wildman–Crippen LogP) is 3.67. The molecule has 0 fully saturated rings. The first-order valence-electron chi connectivity index (χ1n) is 8.89. The zero-order valence-electron chi connectivity index (χ0n) is 14.8. The van der Waals surface area contributed by atoms with E-state index in [0.29, 0.717) is 13.0 Å². The quantitative estimate of drug-likeness (QED) is 0.722. The number of carbonyl (C=O) groups excluding carboxylic acids is 1. The summed E-state index contributed by atoms with van der Waals surface area (Å²) in [4.78, 5) is 15.2. The number of fused-ring (bicyclic) bond motifs is 1. The minimum absolute atomic E-state index is 0.0536. The van der Waals surface area contributed by atoms with Crippen LogP contribution in [0.2, 0.25) is 0 Å². The Morgan fingerprint density at radius 1 is 1.00 bits per heavy atom. The lowest BCUT2D eigenvalue weighted by Crippen LogP contribution is -2.43. The Morgan fingerprint density at radius 2 is 1.77 bits per heavy atom. The Morgan fingerprint density at radius 3 is 2.58 bits per heavy atom. The average Bonchev–Trinajstić information content (AvgIpc) is 3.17. The van der Waals surface area contributed by atoms with Crippen molar-refractivity contribution in [3.8, 4) is 5.75 Å². The van der Waals surface area contributed by atoms with E-state index in [2.05, 4.69) is 35.0 Å². The molecule has 1 amide bonds. The molecule has 1 atom stereocenters. The molecule has 3 aromatic rings. The first kappa shape index (κ1) is 16.5. The summed E-state index contributed by atoms with van der Waals surface area (Å²) in [5, 5.41) is 0. The van der Waals surface area contributed by atoms with E-state index in [1.165, 1.54) is 0 Å². The molecule has 4 rings (SSSR count). The van der Waals surface area contributed by atoms with Crippen molar-refractivity contribution < 1.29 is 9.53 Å². The lowest BCUT2D eigenvalue weighted by Gasteiger charge is -2.37. The van der Waals surface area contributed by atoms with Crippen LogP contribution in [0.3, 0.4) is 0 Å². The van der Waals surface area contributed by atoms with Crippen LogP contribution in [0.5, 0.6) is 5.75 Å². The Bertz CT molecular complexity index is 901. The standard InChI is InChI=1S/C22H22N2O2/c1-26-20-12-6-5-10-18(20)16-21(25)24-15-14-23-13-7-11-19(23)22(24)17-8-3-2-4-9-17/h2-13,22H,14-16H2,1H3. The average molecular weight is 346 g/mol. The Hall–Kier alpha value is -3.01. The number of aromatic nitrogens is 1. The second-order valence-electron chi connectivity index (χ2n) is 6.52. The second-order valence-corrected chi connectivity index (χ2v) is 6.52. The maximum absolute atomic E-state index is 13.2. The van der Waals surface area contributed by atoms with Gasteiger partial charge in [-0.25, -0.2) is 0 Å². The van der Waals surface area contributed by atoms with Crippen LogP contribution >= 0.6 is 0 Å². The number of amides is 1. The molecule has 132 valence electrons. The Balaban J connectivity index is 1.67. The summed E-state index contributed by atoms with van der Waals surface area (Å²) in [7, 11) is 1.64. The maximum atomic E-state index is 13.2. The number of benzene rings is 2. The summed E-state index contributed by atoms with van der Waals surface area (Å²) < 4.78 is 7.65. The van der Waals surface area contributed by atoms with E-state index in [-0.39, 0.29) is 11.9 Å². The van der Waals surface area contributed by atoms with Crippen molar-refractivity contribution in [3.63, 3.8) is 0 Å². The van der Waals surface area contributed by atoms with Gasteiger partial charge in [0.25, 0.3) is 0 Å². The molecule has 0 bridgehead atoms. The molecule has 0 N–H and O–H groups in total. The molecule has 1 unspecified atom stereocenters. The fourth-order valence-corrected chi connectivity index (χ4v) is 3.75.